The molecule has 4 aromatic rings. The average molecular weight is 464 g/mol. The fourth-order valence-electron chi connectivity index (χ4n) is 3.08. The van der Waals surface area contributed by atoms with Crippen LogP contribution in [0.3, 0.4) is 0 Å². The van der Waals surface area contributed by atoms with E-state index in [2.05, 4.69) is 9.97 Å². The number of thiazole rings is 1. The highest BCUT2D eigenvalue weighted by atomic mass is 32.2. The highest BCUT2D eigenvalue weighted by molar-refractivity contribution is 8.01. The lowest BCUT2D eigenvalue weighted by Gasteiger charge is -2.27. The predicted molar refractivity (Wildman–Crippen MR) is 112 cm³/mol. The third kappa shape index (κ3) is 4.10. The average Bonchev–Trinajstić information content (AvgIpc) is 3.21. The minimum Gasteiger partial charge on any atom is -0.423 e. The number of nitrogens with zero attached hydrogens (tertiary/aromatic N) is 2. The van der Waals surface area contributed by atoms with Crippen LogP contribution in [0, 0.1) is 0 Å². The Morgan fingerprint density at radius 1 is 1.19 bits per heavy atom. The molecule has 31 heavy (non-hydrogen) atoms. The van der Waals surface area contributed by atoms with Gasteiger partial charge < -0.3 is 9.52 Å². The molecule has 0 saturated heterocycles. The SMILES string of the molecule is CC[C@@](O)(c1cnc(Sc2ccc3c(-c4cccnc4)cc(=O)oc3c2)s1)C(F)(F)F. The molecule has 0 aliphatic rings. The van der Waals surface area contributed by atoms with Crippen molar-refractivity contribution in [3.63, 3.8) is 0 Å². The van der Waals surface area contributed by atoms with Gasteiger partial charge in [0.15, 0.2) is 9.94 Å². The molecule has 1 aromatic carbocycles. The van der Waals surface area contributed by atoms with Crippen molar-refractivity contribution in [1.29, 1.82) is 0 Å². The first kappa shape index (κ1) is 21.5. The summed E-state index contributed by atoms with van der Waals surface area (Å²) in [6.45, 7) is 1.27. The Balaban J connectivity index is 1.68. The number of hydrogen-bond donors (Lipinski definition) is 1. The van der Waals surface area contributed by atoms with Gasteiger partial charge in [0.1, 0.15) is 5.58 Å². The molecule has 0 amide bonds. The number of alkyl halides is 3. The molecule has 4 rings (SSSR count). The van der Waals surface area contributed by atoms with Crippen LogP contribution in [0.25, 0.3) is 22.1 Å². The van der Waals surface area contributed by atoms with Gasteiger partial charge in [-0.3, -0.25) is 4.98 Å². The molecular formula is C21H15F3N2O3S2. The van der Waals surface area contributed by atoms with Crippen molar-refractivity contribution < 1.29 is 22.7 Å². The molecule has 5 nitrogen and oxygen atoms in total. The summed E-state index contributed by atoms with van der Waals surface area (Å²) in [4.78, 5) is 20.5. The molecule has 1 N–H and O–H groups in total. The minimum absolute atomic E-state index is 0.267. The van der Waals surface area contributed by atoms with Crippen molar-refractivity contribution in [2.45, 2.75) is 34.4 Å². The van der Waals surface area contributed by atoms with E-state index in [1.807, 2.05) is 6.07 Å². The Morgan fingerprint density at radius 2 is 2.00 bits per heavy atom. The number of rotatable bonds is 5. The molecule has 0 unspecified atom stereocenters. The number of hydrogen-bond acceptors (Lipinski definition) is 7. The molecule has 10 heteroatoms. The van der Waals surface area contributed by atoms with Gasteiger partial charge >= 0.3 is 11.8 Å². The molecule has 0 aliphatic carbocycles. The smallest absolute Gasteiger partial charge is 0.422 e. The van der Waals surface area contributed by atoms with Crippen LogP contribution in [0.5, 0.6) is 0 Å². The van der Waals surface area contributed by atoms with Gasteiger partial charge in [0.05, 0.1) is 4.88 Å². The third-order valence-corrected chi connectivity index (χ3v) is 6.98. The Bertz CT molecular complexity index is 1290. The number of aromatic nitrogens is 2. The second-order valence-corrected chi connectivity index (χ2v) is 9.03. The van der Waals surface area contributed by atoms with Crippen molar-refractivity contribution in [2.75, 3.05) is 0 Å². The monoisotopic (exact) mass is 464 g/mol. The van der Waals surface area contributed by atoms with E-state index in [9.17, 15) is 23.1 Å². The van der Waals surface area contributed by atoms with Crippen molar-refractivity contribution in [2.24, 2.45) is 0 Å². The Morgan fingerprint density at radius 3 is 2.68 bits per heavy atom. The summed E-state index contributed by atoms with van der Waals surface area (Å²) in [5.74, 6) is 0. The van der Waals surface area contributed by atoms with E-state index in [4.69, 9.17) is 4.42 Å². The third-order valence-electron chi connectivity index (χ3n) is 4.77. The van der Waals surface area contributed by atoms with Crippen molar-refractivity contribution in [1.82, 2.24) is 9.97 Å². The molecule has 160 valence electrons. The summed E-state index contributed by atoms with van der Waals surface area (Å²) in [7, 11) is 0. The fourth-order valence-corrected chi connectivity index (χ4v) is 5.24. The Labute approximate surface area is 182 Å². The lowest BCUT2D eigenvalue weighted by atomic mass is 9.99. The van der Waals surface area contributed by atoms with E-state index in [-0.39, 0.29) is 4.88 Å². The summed E-state index contributed by atoms with van der Waals surface area (Å²) < 4.78 is 45.5. The van der Waals surface area contributed by atoms with Gasteiger partial charge in [0, 0.05) is 46.1 Å². The maximum atomic E-state index is 13.3. The van der Waals surface area contributed by atoms with Crippen LogP contribution in [0.1, 0.15) is 18.2 Å². The van der Waals surface area contributed by atoms with Gasteiger partial charge in [-0.2, -0.15) is 13.2 Å². The first-order chi connectivity index (χ1) is 14.7. The van der Waals surface area contributed by atoms with E-state index in [1.165, 1.54) is 13.0 Å². The largest absolute Gasteiger partial charge is 0.423 e. The second kappa shape index (κ2) is 8.10. The number of halogens is 3. The van der Waals surface area contributed by atoms with Crippen molar-refractivity contribution >= 4 is 34.1 Å². The zero-order chi connectivity index (χ0) is 22.2. The molecule has 0 aliphatic heterocycles. The van der Waals surface area contributed by atoms with Crippen LogP contribution >= 0.6 is 23.1 Å². The molecule has 1 atom stereocenters. The van der Waals surface area contributed by atoms with Gasteiger partial charge in [0.25, 0.3) is 0 Å². The second-order valence-electron chi connectivity index (χ2n) is 6.68. The molecule has 3 aromatic heterocycles. The topological polar surface area (TPSA) is 76.2 Å². The lowest BCUT2D eigenvalue weighted by Crippen LogP contribution is -2.40. The first-order valence-electron chi connectivity index (χ1n) is 9.13. The zero-order valence-electron chi connectivity index (χ0n) is 16.0. The number of fused-ring (bicyclic) bond motifs is 1. The quantitative estimate of drug-likeness (QED) is 0.386. The van der Waals surface area contributed by atoms with Crippen LogP contribution in [0.4, 0.5) is 13.2 Å². The predicted octanol–water partition coefficient (Wildman–Crippen LogP) is 5.62. The van der Waals surface area contributed by atoms with Crippen LogP contribution in [0.2, 0.25) is 0 Å². The Kier molecular flexibility index (Phi) is 5.63. The molecule has 0 radical (unpaired) electrons. The van der Waals surface area contributed by atoms with Gasteiger partial charge in [0.2, 0.25) is 0 Å². The highest BCUT2D eigenvalue weighted by Gasteiger charge is 2.54. The molecule has 3 heterocycles. The maximum absolute atomic E-state index is 13.3. The van der Waals surface area contributed by atoms with Crippen LogP contribution in [-0.4, -0.2) is 21.3 Å². The van der Waals surface area contributed by atoms with Gasteiger partial charge in [-0.05, 0) is 30.7 Å². The van der Waals surface area contributed by atoms with E-state index < -0.39 is 23.8 Å². The molecule has 0 spiro atoms. The number of pyridine rings is 1. The van der Waals surface area contributed by atoms with Gasteiger partial charge in [-0.15, -0.1) is 11.3 Å². The lowest BCUT2D eigenvalue weighted by molar-refractivity contribution is -0.266. The van der Waals surface area contributed by atoms with Crippen LogP contribution in [0.15, 0.2) is 73.4 Å². The number of aliphatic hydroxyl groups is 1. The van der Waals surface area contributed by atoms with Gasteiger partial charge in [-0.25, -0.2) is 9.78 Å². The first-order valence-corrected chi connectivity index (χ1v) is 10.8. The summed E-state index contributed by atoms with van der Waals surface area (Å²) in [6.07, 6.45) is -0.992. The highest BCUT2D eigenvalue weighted by Crippen LogP contribution is 2.45. The maximum Gasteiger partial charge on any atom is 0.422 e. The molecule has 0 bridgehead atoms. The van der Waals surface area contributed by atoms with Crippen LogP contribution in [-0.2, 0) is 5.60 Å². The zero-order valence-corrected chi connectivity index (χ0v) is 17.6. The van der Waals surface area contributed by atoms with Gasteiger partial charge in [-0.1, -0.05) is 24.8 Å². The van der Waals surface area contributed by atoms with E-state index >= 15 is 0 Å². The Hall–Kier alpha value is -2.69. The normalized spacial score (nSPS) is 14.0. The van der Waals surface area contributed by atoms with Crippen LogP contribution < -0.4 is 5.63 Å². The minimum atomic E-state index is -4.80. The molecule has 0 saturated carbocycles. The van der Waals surface area contributed by atoms with Crippen molar-refractivity contribution in [3.8, 4) is 11.1 Å². The molecule has 0 fully saturated rings. The van der Waals surface area contributed by atoms with Crippen molar-refractivity contribution in [3.05, 3.63) is 70.3 Å². The standard InChI is InChI=1S/C21H15F3N2O3S2/c1-2-20(28,21(22,23)24)17-11-26-19(31-17)30-13-5-6-14-15(12-4-3-7-25-10-12)9-18(27)29-16(14)8-13/h3-11,28H,2H2,1H3/t20-/m1/s1. The van der Waals surface area contributed by atoms with E-state index in [1.54, 1.807) is 36.7 Å². The summed E-state index contributed by atoms with van der Waals surface area (Å²) >= 11 is 1.90. The fraction of sp³-hybridized carbons (Fsp3) is 0.190. The summed E-state index contributed by atoms with van der Waals surface area (Å²) in [6, 6.07) is 10.2. The van der Waals surface area contributed by atoms with E-state index in [0.29, 0.717) is 25.8 Å². The number of benzene rings is 1. The summed E-state index contributed by atoms with van der Waals surface area (Å²) in [5, 5.41) is 10.8. The summed E-state index contributed by atoms with van der Waals surface area (Å²) in [5.41, 5.74) is -1.68. The van der Waals surface area contributed by atoms with E-state index in [0.717, 1.165) is 34.9 Å². The molecular weight excluding hydrogens is 449 g/mol.